The van der Waals surface area contributed by atoms with Crippen LogP contribution in [0.2, 0.25) is 0 Å². The molecule has 1 N–H and O–H groups in total. The van der Waals surface area contributed by atoms with Gasteiger partial charge in [0.1, 0.15) is 17.7 Å². The number of rotatable bonds is 2. The number of aromatic carboxylic acids is 1. The van der Waals surface area contributed by atoms with Crippen LogP contribution in [0.25, 0.3) is 10.9 Å². The molecule has 9 heteroatoms. The lowest BCUT2D eigenvalue weighted by Gasteiger charge is -2.47. The molecule has 0 spiro atoms. The van der Waals surface area contributed by atoms with Crippen LogP contribution in [0.3, 0.4) is 0 Å². The normalized spacial score (nSPS) is 21.9. The summed E-state index contributed by atoms with van der Waals surface area (Å²) in [4.78, 5) is 26.0. The number of carbonyl (C=O) groups is 1. The number of aromatic nitrogens is 1. The first-order valence-corrected chi connectivity index (χ1v) is 8.77. The highest BCUT2D eigenvalue weighted by Gasteiger charge is 2.37. The highest BCUT2D eigenvalue weighted by molar-refractivity contribution is 5.97. The third-order valence-electron chi connectivity index (χ3n) is 5.47. The number of likely N-dealkylation sites (N-methyl/N-ethyl adjacent to an activating group) is 1. The van der Waals surface area contributed by atoms with E-state index in [0.717, 1.165) is 6.07 Å². The van der Waals surface area contributed by atoms with Gasteiger partial charge in [-0.1, -0.05) is 0 Å². The molecule has 27 heavy (non-hydrogen) atoms. The van der Waals surface area contributed by atoms with Crippen molar-refractivity contribution in [3.05, 3.63) is 39.1 Å². The van der Waals surface area contributed by atoms with E-state index in [1.807, 2.05) is 11.9 Å². The number of carboxylic acids is 1. The summed E-state index contributed by atoms with van der Waals surface area (Å²) in [5.41, 5.74) is -1.04. The maximum Gasteiger partial charge on any atom is 0.341 e. The molecule has 0 bridgehead atoms. The van der Waals surface area contributed by atoms with Gasteiger partial charge in [0.2, 0.25) is 16.9 Å². The molecule has 1 aromatic carbocycles. The molecule has 1 unspecified atom stereocenters. The minimum absolute atomic E-state index is 0.0525. The van der Waals surface area contributed by atoms with Crippen LogP contribution < -0.4 is 14.8 Å². The molecule has 3 heterocycles. The molecular formula is C18H20FN3O5. The molecular weight excluding hydrogens is 357 g/mol. The summed E-state index contributed by atoms with van der Waals surface area (Å²) in [6, 6.07) is 0.724. The first-order valence-electron chi connectivity index (χ1n) is 8.77. The van der Waals surface area contributed by atoms with Crippen molar-refractivity contribution in [1.29, 1.82) is 0 Å². The van der Waals surface area contributed by atoms with Gasteiger partial charge < -0.3 is 24.3 Å². The Kier molecular flexibility index (Phi) is 3.99. The molecule has 2 aliphatic heterocycles. The van der Waals surface area contributed by atoms with Gasteiger partial charge in [-0.3, -0.25) is 9.69 Å². The number of benzene rings is 1. The summed E-state index contributed by atoms with van der Waals surface area (Å²) in [6.07, 6.45) is 1.25. The first-order chi connectivity index (χ1) is 12.7. The number of hydroxylamine groups is 2. The van der Waals surface area contributed by atoms with E-state index in [1.165, 1.54) is 6.20 Å². The van der Waals surface area contributed by atoms with Crippen LogP contribution in [0.15, 0.2) is 17.1 Å². The molecule has 2 aliphatic rings. The summed E-state index contributed by atoms with van der Waals surface area (Å²) in [6.45, 7) is 3.33. The molecule has 0 amide bonds. The number of quaternary nitrogens is 1. The number of hydrogen-bond donors (Lipinski definition) is 1. The molecule has 1 atom stereocenters. The van der Waals surface area contributed by atoms with E-state index < -0.39 is 27.4 Å². The van der Waals surface area contributed by atoms with Gasteiger partial charge in [-0.05, 0) is 20.0 Å². The van der Waals surface area contributed by atoms with Crippen molar-refractivity contribution in [1.82, 2.24) is 14.1 Å². The number of nitrogens with zero attached hydrogens (tertiary/aromatic N) is 3. The molecule has 1 aromatic heterocycles. The Labute approximate surface area is 154 Å². The lowest BCUT2D eigenvalue weighted by atomic mass is 10.0. The summed E-state index contributed by atoms with van der Waals surface area (Å²) >= 11 is 0. The second-order valence-corrected chi connectivity index (χ2v) is 7.32. The van der Waals surface area contributed by atoms with Crippen molar-refractivity contribution in [2.24, 2.45) is 0 Å². The molecule has 0 saturated carbocycles. The number of halogens is 1. The van der Waals surface area contributed by atoms with Crippen LogP contribution in [-0.4, -0.2) is 60.4 Å². The van der Waals surface area contributed by atoms with Crippen LogP contribution in [0.1, 0.15) is 23.3 Å². The zero-order chi connectivity index (χ0) is 19.5. The maximum atomic E-state index is 15.1. The second-order valence-electron chi connectivity index (χ2n) is 7.32. The number of pyridine rings is 1. The van der Waals surface area contributed by atoms with Crippen LogP contribution in [-0.2, 0) is 0 Å². The Morgan fingerprint density at radius 3 is 2.70 bits per heavy atom. The minimum atomic E-state index is -1.37. The fourth-order valence-electron chi connectivity index (χ4n) is 3.86. The van der Waals surface area contributed by atoms with Crippen LogP contribution in [0, 0.1) is 11.0 Å². The third kappa shape index (κ3) is 2.61. The smallest absolute Gasteiger partial charge is 0.341 e. The van der Waals surface area contributed by atoms with Crippen LogP contribution in [0.5, 0.6) is 5.75 Å². The Bertz CT molecular complexity index is 1010. The van der Waals surface area contributed by atoms with Crippen molar-refractivity contribution < 1.29 is 19.0 Å². The van der Waals surface area contributed by atoms with Gasteiger partial charge in [0.25, 0.3) is 0 Å². The van der Waals surface area contributed by atoms with E-state index in [0.29, 0.717) is 13.1 Å². The van der Waals surface area contributed by atoms with E-state index in [9.17, 15) is 19.9 Å². The predicted octanol–water partition coefficient (Wildman–Crippen LogP) is 1.54. The molecule has 0 aliphatic carbocycles. The van der Waals surface area contributed by atoms with Gasteiger partial charge >= 0.3 is 5.97 Å². The summed E-state index contributed by atoms with van der Waals surface area (Å²) in [5, 5.41) is 22.6. The standard InChI is InChI=1S/C18H20FN3O5/c1-10-9-27-17-14-11(16(23)12(18(24)25)8-21(10)14)7-13(19)15(17)22(26)5-3-20(2)4-6-22/h7-8,10H,3-6,9H2,1-2H3,(H,24,25). The van der Waals surface area contributed by atoms with E-state index >= 15 is 4.39 Å². The average molecular weight is 377 g/mol. The molecule has 0 radical (unpaired) electrons. The van der Waals surface area contributed by atoms with E-state index in [4.69, 9.17) is 4.74 Å². The number of piperazine rings is 1. The zero-order valence-electron chi connectivity index (χ0n) is 15.1. The molecule has 144 valence electrons. The predicted molar refractivity (Wildman–Crippen MR) is 97.7 cm³/mol. The first kappa shape index (κ1) is 17.9. The molecule has 2 aromatic rings. The van der Waals surface area contributed by atoms with Crippen molar-refractivity contribution in [2.45, 2.75) is 13.0 Å². The fourth-order valence-corrected chi connectivity index (χ4v) is 3.86. The van der Waals surface area contributed by atoms with Gasteiger partial charge in [-0.25, -0.2) is 9.18 Å². The summed E-state index contributed by atoms with van der Waals surface area (Å²) in [5.74, 6) is -2.16. The molecule has 4 rings (SSSR count). The Hall–Kier alpha value is -2.49. The van der Waals surface area contributed by atoms with Crippen molar-refractivity contribution in [3.8, 4) is 5.75 Å². The highest BCUT2D eigenvalue weighted by atomic mass is 19.1. The Morgan fingerprint density at radius 1 is 1.41 bits per heavy atom. The lowest BCUT2D eigenvalue weighted by molar-refractivity contribution is 0.0694. The van der Waals surface area contributed by atoms with Gasteiger partial charge in [-0.15, -0.1) is 0 Å². The molecule has 8 nitrogen and oxygen atoms in total. The summed E-state index contributed by atoms with van der Waals surface area (Å²) in [7, 11) is 1.90. The molecule has 1 fully saturated rings. The fraction of sp³-hybridized carbons (Fsp3) is 0.444. The Balaban J connectivity index is 2.05. The minimum Gasteiger partial charge on any atom is -0.627 e. The monoisotopic (exact) mass is 377 g/mol. The number of hydrogen-bond acceptors (Lipinski definition) is 5. The summed E-state index contributed by atoms with van der Waals surface area (Å²) < 4.78 is 21.5. The number of ether oxygens (including phenoxy) is 1. The van der Waals surface area contributed by atoms with Crippen molar-refractivity contribution in [3.63, 3.8) is 0 Å². The maximum absolute atomic E-state index is 15.1. The van der Waals surface area contributed by atoms with E-state index in [-0.39, 0.29) is 48.1 Å². The van der Waals surface area contributed by atoms with Gasteiger partial charge in [0.15, 0.2) is 5.82 Å². The van der Waals surface area contributed by atoms with Crippen LogP contribution in [0.4, 0.5) is 10.1 Å². The topological polar surface area (TPSA) is 94.8 Å². The average Bonchev–Trinajstić information content (AvgIpc) is 2.61. The third-order valence-corrected chi connectivity index (χ3v) is 5.47. The van der Waals surface area contributed by atoms with Gasteiger partial charge in [0, 0.05) is 19.3 Å². The second kappa shape index (κ2) is 6.01. The van der Waals surface area contributed by atoms with Crippen LogP contribution >= 0.6 is 0 Å². The molecule has 1 saturated heterocycles. The Morgan fingerprint density at radius 2 is 2.07 bits per heavy atom. The van der Waals surface area contributed by atoms with Crippen molar-refractivity contribution in [2.75, 3.05) is 39.8 Å². The van der Waals surface area contributed by atoms with Gasteiger partial charge in [-0.2, -0.15) is 0 Å². The quantitative estimate of drug-likeness (QED) is 0.630. The number of carboxylic acid groups (broad SMARTS) is 1. The van der Waals surface area contributed by atoms with Crippen molar-refractivity contribution >= 4 is 22.6 Å². The van der Waals surface area contributed by atoms with E-state index in [1.54, 1.807) is 11.5 Å². The van der Waals surface area contributed by atoms with E-state index in [2.05, 4.69) is 0 Å². The lowest BCUT2D eigenvalue weighted by Crippen LogP contribution is -2.56. The zero-order valence-corrected chi connectivity index (χ0v) is 15.1. The van der Waals surface area contributed by atoms with Gasteiger partial charge in [0.05, 0.1) is 24.5 Å². The largest absolute Gasteiger partial charge is 0.627 e. The SMILES string of the molecule is CC1COc2c([N+]3([O-])CCN(C)CC3)c(F)cc3c(=O)c(C(=O)O)cn1c23. The highest BCUT2D eigenvalue weighted by Crippen LogP contribution is 2.44.